The Bertz CT molecular complexity index is 1160. The van der Waals surface area contributed by atoms with Crippen molar-refractivity contribution in [2.75, 3.05) is 0 Å². The normalized spacial score (nSPS) is 14.1. The zero-order chi connectivity index (χ0) is 20.3. The lowest BCUT2D eigenvalue weighted by Gasteiger charge is -2.21. The molecule has 1 aliphatic carbocycles. The Morgan fingerprint density at radius 2 is 1.83 bits per heavy atom. The number of hydrogen-bond donors (Lipinski definition) is 1. The largest absolute Gasteiger partial charge is 0.339 e. The lowest BCUT2D eigenvalue weighted by atomic mass is 9.89. The van der Waals surface area contributed by atoms with Crippen LogP contribution in [0.5, 0.6) is 0 Å². The van der Waals surface area contributed by atoms with Gasteiger partial charge in [0.1, 0.15) is 5.69 Å². The van der Waals surface area contributed by atoms with E-state index in [-0.39, 0.29) is 11.9 Å². The Kier molecular flexibility index (Phi) is 5.38. The number of thiophene rings is 1. The van der Waals surface area contributed by atoms with Crippen LogP contribution >= 0.6 is 22.7 Å². The van der Waals surface area contributed by atoms with Gasteiger partial charge in [0.05, 0.1) is 6.04 Å². The standard InChI is InChI=1S/C23H20N4OS2/c28-22(18-14-30-23(26-18)21-24-10-4-11-25-21)27-20(19-7-3-12-29-19)17-9-8-15-5-1-2-6-16(15)13-17/h3-4,7-14,20H,1-2,5-6H2,(H,27,28). The Balaban J connectivity index is 1.42. The van der Waals surface area contributed by atoms with E-state index in [2.05, 4.69) is 44.5 Å². The molecule has 0 saturated carbocycles. The second-order valence-corrected chi connectivity index (χ2v) is 9.10. The highest BCUT2D eigenvalue weighted by molar-refractivity contribution is 7.13. The third-order valence-electron chi connectivity index (χ3n) is 5.30. The highest BCUT2D eigenvalue weighted by Crippen LogP contribution is 2.30. The number of nitrogens with zero attached hydrogens (tertiary/aromatic N) is 3. The maximum Gasteiger partial charge on any atom is 0.271 e. The number of benzene rings is 1. The molecule has 0 saturated heterocycles. The van der Waals surface area contributed by atoms with Gasteiger partial charge in [-0.3, -0.25) is 4.79 Å². The van der Waals surface area contributed by atoms with Crippen molar-refractivity contribution in [2.24, 2.45) is 0 Å². The number of carbonyl (C=O) groups excluding carboxylic acids is 1. The van der Waals surface area contributed by atoms with E-state index in [4.69, 9.17) is 0 Å². The predicted molar refractivity (Wildman–Crippen MR) is 120 cm³/mol. The van der Waals surface area contributed by atoms with Gasteiger partial charge in [-0.15, -0.1) is 22.7 Å². The monoisotopic (exact) mass is 432 g/mol. The number of hydrogen-bond acceptors (Lipinski definition) is 6. The summed E-state index contributed by atoms with van der Waals surface area (Å²) in [4.78, 5) is 27.1. The van der Waals surface area contributed by atoms with E-state index in [0.717, 1.165) is 23.3 Å². The zero-order valence-electron chi connectivity index (χ0n) is 16.2. The summed E-state index contributed by atoms with van der Waals surface area (Å²) < 4.78 is 0. The van der Waals surface area contributed by atoms with E-state index in [9.17, 15) is 4.79 Å². The number of aromatic nitrogens is 3. The first-order chi connectivity index (χ1) is 14.8. The first-order valence-electron chi connectivity index (χ1n) is 9.97. The Labute approximate surface area is 182 Å². The fourth-order valence-corrected chi connectivity index (χ4v) is 5.35. The van der Waals surface area contributed by atoms with Crippen molar-refractivity contribution in [3.05, 3.63) is 86.8 Å². The van der Waals surface area contributed by atoms with Gasteiger partial charge >= 0.3 is 0 Å². The zero-order valence-corrected chi connectivity index (χ0v) is 17.9. The Morgan fingerprint density at radius 1 is 1.00 bits per heavy atom. The molecule has 7 heteroatoms. The van der Waals surface area contributed by atoms with Crippen LogP contribution < -0.4 is 5.32 Å². The molecule has 1 aliphatic rings. The Morgan fingerprint density at radius 3 is 2.63 bits per heavy atom. The molecule has 5 rings (SSSR count). The number of carbonyl (C=O) groups is 1. The first-order valence-corrected chi connectivity index (χ1v) is 11.7. The average Bonchev–Trinajstić information content (AvgIpc) is 3.50. The van der Waals surface area contributed by atoms with Crippen molar-refractivity contribution in [1.29, 1.82) is 0 Å². The number of aryl methyl sites for hydroxylation is 2. The second-order valence-electron chi connectivity index (χ2n) is 7.27. The van der Waals surface area contributed by atoms with E-state index in [0.29, 0.717) is 16.5 Å². The second kappa shape index (κ2) is 8.45. The van der Waals surface area contributed by atoms with Crippen molar-refractivity contribution < 1.29 is 4.79 Å². The summed E-state index contributed by atoms with van der Waals surface area (Å²) in [6, 6.07) is 12.3. The summed E-state index contributed by atoms with van der Waals surface area (Å²) in [5.74, 6) is 0.343. The number of rotatable bonds is 5. The van der Waals surface area contributed by atoms with Gasteiger partial charge in [-0.25, -0.2) is 15.0 Å². The van der Waals surface area contributed by atoms with E-state index >= 15 is 0 Å². The molecule has 1 aromatic carbocycles. The quantitative estimate of drug-likeness (QED) is 0.479. The summed E-state index contributed by atoms with van der Waals surface area (Å²) in [6.45, 7) is 0. The van der Waals surface area contributed by atoms with Crippen molar-refractivity contribution in [3.8, 4) is 10.8 Å². The van der Waals surface area contributed by atoms with Crippen LogP contribution in [0.15, 0.2) is 59.6 Å². The molecular formula is C23H20N4OS2. The number of nitrogens with one attached hydrogen (secondary N) is 1. The van der Waals surface area contributed by atoms with Gasteiger partial charge in [0.2, 0.25) is 0 Å². The fourth-order valence-electron chi connectivity index (χ4n) is 3.80. The van der Waals surface area contributed by atoms with Crippen LogP contribution in [0, 0.1) is 0 Å². The molecule has 1 atom stereocenters. The molecular weight excluding hydrogens is 412 g/mol. The molecule has 1 amide bonds. The molecule has 0 bridgehead atoms. The molecule has 4 aromatic rings. The van der Waals surface area contributed by atoms with Crippen LogP contribution in [-0.4, -0.2) is 20.9 Å². The van der Waals surface area contributed by atoms with E-state index in [1.54, 1.807) is 35.2 Å². The molecule has 5 nitrogen and oxygen atoms in total. The van der Waals surface area contributed by atoms with Crippen LogP contribution in [0.3, 0.4) is 0 Å². The molecule has 0 aliphatic heterocycles. The van der Waals surface area contributed by atoms with Crippen LogP contribution in [0.4, 0.5) is 0 Å². The van der Waals surface area contributed by atoms with E-state index < -0.39 is 0 Å². The minimum Gasteiger partial charge on any atom is -0.339 e. The van der Waals surface area contributed by atoms with Crippen LogP contribution in [0.2, 0.25) is 0 Å². The Hall–Kier alpha value is -2.90. The average molecular weight is 433 g/mol. The number of thiazole rings is 1. The highest BCUT2D eigenvalue weighted by Gasteiger charge is 2.22. The van der Waals surface area contributed by atoms with Crippen LogP contribution in [-0.2, 0) is 12.8 Å². The fraction of sp³-hybridized carbons (Fsp3) is 0.217. The van der Waals surface area contributed by atoms with Gasteiger partial charge in [0.15, 0.2) is 10.8 Å². The van der Waals surface area contributed by atoms with E-state index in [1.165, 1.54) is 35.3 Å². The molecule has 30 heavy (non-hydrogen) atoms. The molecule has 1 N–H and O–H groups in total. The first kappa shape index (κ1) is 19.1. The van der Waals surface area contributed by atoms with Gasteiger partial charge < -0.3 is 5.32 Å². The summed E-state index contributed by atoms with van der Waals surface area (Å²) in [7, 11) is 0. The topological polar surface area (TPSA) is 67.8 Å². The maximum absolute atomic E-state index is 13.1. The smallest absolute Gasteiger partial charge is 0.271 e. The number of fused-ring (bicyclic) bond motifs is 1. The van der Waals surface area contributed by atoms with Crippen molar-refractivity contribution in [1.82, 2.24) is 20.3 Å². The summed E-state index contributed by atoms with van der Waals surface area (Å²) in [5, 5.41) is 7.64. The van der Waals surface area contributed by atoms with Crippen LogP contribution in [0.1, 0.15) is 50.9 Å². The molecule has 0 radical (unpaired) electrons. The van der Waals surface area contributed by atoms with Crippen LogP contribution in [0.25, 0.3) is 10.8 Å². The van der Waals surface area contributed by atoms with Gasteiger partial charge in [-0.05, 0) is 59.9 Å². The van der Waals surface area contributed by atoms with Crippen molar-refractivity contribution in [3.63, 3.8) is 0 Å². The third-order valence-corrected chi connectivity index (χ3v) is 7.08. The summed E-state index contributed by atoms with van der Waals surface area (Å²) in [5.41, 5.74) is 4.36. The molecule has 3 heterocycles. The lowest BCUT2D eigenvalue weighted by Crippen LogP contribution is -2.29. The van der Waals surface area contributed by atoms with Gasteiger partial charge in [-0.1, -0.05) is 24.3 Å². The SMILES string of the molecule is O=C(NC(c1ccc2c(c1)CCCC2)c1cccs1)c1csc(-c2ncccn2)n1. The third kappa shape index (κ3) is 3.91. The summed E-state index contributed by atoms with van der Waals surface area (Å²) >= 11 is 3.03. The minimum absolute atomic E-state index is 0.190. The minimum atomic E-state index is -0.192. The van der Waals surface area contributed by atoms with Crippen molar-refractivity contribution in [2.45, 2.75) is 31.7 Å². The van der Waals surface area contributed by atoms with Gasteiger partial charge in [0.25, 0.3) is 5.91 Å². The van der Waals surface area contributed by atoms with Gasteiger partial charge in [0, 0.05) is 22.7 Å². The molecule has 1 unspecified atom stereocenters. The lowest BCUT2D eigenvalue weighted by molar-refractivity contribution is 0.0939. The van der Waals surface area contributed by atoms with E-state index in [1.807, 2.05) is 11.4 Å². The molecule has 0 fully saturated rings. The summed E-state index contributed by atoms with van der Waals surface area (Å²) in [6.07, 6.45) is 8.10. The van der Waals surface area contributed by atoms with Gasteiger partial charge in [-0.2, -0.15) is 0 Å². The molecule has 3 aromatic heterocycles. The molecule has 0 spiro atoms. The number of amides is 1. The molecule has 150 valence electrons. The predicted octanol–water partition coefficient (Wildman–Crippen LogP) is 5.06. The van der Waals surface area contributed by atoms with Crippen molar-refractivity contribution >= 4 is 28.6 Å². The maximum atomic E-state index is 13.1. The highest BCUT2D eigenvalue weighted by atomic mass is 32.1.